The minimum Gasteiger partial charge on any atom is -0.495 e. The summed E-state index contributed by atoms with van der Waals surface area (Å²) in [6, 6.07) is 5.06. The van der Waals surface area contributed by atoms with Crippen molar-refractivity contribution in [1.82, 2.24) is 14.5 Å². The van der Waals surface area contributed by atoms with Gasteiger partial charge in [0.1, 0.15) is 5.75 Å². The molecular formula is C17H21ClN4O2. The number of benzene rings is 1. The zero-order valence-corrected chi connectivity index (χ0v) is 14.4. The molecule has 24 heavy (non-hydrogen) atoms. The maximum atomic E-state index is 12.5. The van der Waals surface area contributed by atoms with Gasteiger partial charge in [-0.15, -0.1) is 0 Å². The summed E-state index contributed by atoms with van der Waals surface area (Å²) in [6.45, 7) is 2.44. The Morgan fingerprint density at radius 1 is 1.42 bits per heavy atom. The van der Waals surface area contributed by atoms with Crippen molar-refractivity contribution in [3.63, 3.8) is 0 Å². The van der Waals surface area contributed by atoms with Gasteiger partial charge in [0.05, 0.1) is 19.1 Å². The van der Waals surface area contributed by atoms with Gasteiger partial charge in [0, 0.05) is 37.1 Å². The lowest BCUT2D eigenvalue weighted by Gasteiger charge is -2.32. The molecule has 0 unspecified atom stereocenters. The van der Waals surface area contributed by atoms with Crippen LogP contribution in [0.5, 0.6) is 5.75 Å². The first kappa shape index (κ1) is 16.6. The first-order valence-electron chi connectivity index (χ1n) is 8.01. The van der Waals surface area contributed by atoms with Crippen LogP contribution >= 0.6 is 11.6 Å². The first-order valence-corrected chi connectivity index (χ1v) is 8.38. The molecule has 2 amide bonds. The molecule has 1 aliphatic heterocycles. The highest BCUT2D eigenvalue weighted by molar-refractivity contribution is 6.31. The third-order valence-corrected chi connectivity index (χ3v) is 4.57. The Labute approximate surface area is 146 Å². The number of rotatable bonds is 4. The summed E-state index contributed by atoms with van der Waals surface area (Å²) in [5.41, 5.74) is 0.593. The number of hydrogen-bond donors (Lipinski definition) is 1. The summed E-state index contributed by atoms with van der Waals surface area (Å²) in [6.07, 6.45) is 7.58. The zero-order chi connectivity index (χ0) is 16.9. The van der Waals surface area contributed by atoms with Crippen LogP contribution in [0.2, 0.25) is 5.02 Å². The molecule has 0 radical (unpaired) electrons. The number of carbonyl (C=O) groups is 1. The highest BCUT2D eigenvalue weighted by atomic mass is 35.5. The highest BCUT2D eigenvalue weighted by Gasteiger charge is 2.23. The first-order chi connectivity index (χ1) is 11.7. The molecule has 2 aromatic rings. The number of carbonyl (C=O) groups excluding carboxylic acids is 1. The zero-order valence-electron chi connectivity index (χ0n) is 13.6. The number of nitrogens with one attached hydrogen (secondary N) is 1. The van der Waals surface area contributed by atoms with Crippen LogP contribution < -0.4 is 10.1 Å². The van der Waals surface area contributed by atoms with Crippen molar-refractivity contribution in [3.8, 4) is 5.75 Å². The van der Waals surface area contributed by atoms with Crippen molar-refractivity contribution in [2.24, 2.45) is 5.92 Å². The van der Waals surface area contributed by atoms with Crippen molar-refractivity contribution in [2.75, 3.05) is 25.5 Å². The minimum atomic E-state index is -0.114. The Morgan fingerprint density at radius 3 is 2.88 bits per heavy atom. The van der Waals surface area contributed by atoms with E-state index in [-0.39, 0.29) is 6.03 Å². The number of amides is 2. The van der Waals surface area contributed by atoms with E-state index in [0.717, 1.165) is 32.5 Å². The average molecular weight is 349 g/mol. The Bertz CT molecular complexity index is 682. The van der Waals surface area contributed by atoms with Gasteiger partial charge in [-0.25, -0.2) is 9.78 Å². The number of halogens is 1. The van der Waals surface area contributed by atoms with Gasteiger partial charge in [0.25, 0.3) is 0 Å². The largest absolute Gasteiger partial charge is 0.495 e. The van der Waals surface area contributed by atoms with E-state index in [9.17, 15) is 4.79 Å². The lowest BCUT2D eigenvalue weighted by molar-refractivity contribution is 0.177. The molecule has 1 aliphatic rings. The van der Waals surface area contributed by atoms with Gasteiger partial charge in [-0.05, 0) is 37.0 Å². The summed E-state index contributed by atoms with van der Waals surface area (Å²) in [7, 11) is 1.57. The second-order valence-corrected chi connectivity index (χ2v) is 6.40. The number of likely N-dealkylation sites (tertiary alicyclic amines) is 1. The quantitative estimate of drug-likeness (QED) is 0.920. The number of piperidine rings is 1. The predicted octanol–water partition coefficient (Wildman–Crippen LogP) is 3.49. The average Bonchev–Trinajstić information content (AvgIpc) is 3.09. The monoisotopic (exact) mass is 348 g/mol. The smallest absolute Gasteiger partial charge is 0.321 e. The van der Waals surface area contributed by atoms with E-state index in [1.165, 1.54) is 0 Å². The number of anilines is 1. The van der Waals surface area contributed by atoms with E-state index in [1.807, 2.05) is 17.4 Å². The van der Waals surface area contributed by atoms with Crippen LogP contribution in [0, 0.1) is 5.92 Å². The summed E-state index contributed by atoms with van der Waals surface area (Å²) in [4.78, 5) is 18.4. The molecule has 1 aromatic carbocycles. The third kappa shape index (κ3) is 4.00. The molecule has 0 spiro atoms. The van der Waals surface area contributed by atoms with Crippen molar-refractivity contribution >= 4 is 23.3 Å². The SMILES string of the molecule is COc1ccc(Cl)cc1NC(=O)N1CCC(Cn2ccnc2)CC1. The van der Waals surface area contributed by atoms with Gasteiger partial charge in [-0.2, -0.15) is 0 Å². The van der Waals surface area contributed by atoms with Gasteiger partial charge >= 0.3 is 6.03 Å². The van der Waals surface area contributed by atoms with Crippen LogP contribution in [0.3, 0.4) is 0 Å². The fraction of sp³-hybridized carbons (Fsp3) is 0.412. The van der Waals surface area contributed by atoms with Gasteiger partial charge in [-0.3, -0.25) is 0 Å². The third-order valence-electron chi connectivity index (χ3n) is 4.33. The Kier molecular flexibility index (Phi) is 5.25. The molecule has 1 aromatic heterocycles. The second kappa shape index (κ2) is 7.57. The van der Waals surface area contributed by atoms with Crippen LogP contribution in [0.4, 0.5) is 10.5 Å². The maximum absolute atomic E-state index is 12.5. The van der Waals surface area contributed by atoms with Gasteiger partial charge < -0.3 is 19.5 Å². The standard InChI is InChI=1S/C17H21ClN4O2/c1-24-16-3-2-14(18)10-15(16)20-17(23)22-7-4-13(5-8-22)11-21-9-6-19-12-21/h2-3,6,9-10,12-13H,4-5,7-8,11H2,1H3,(H,20,23). The van der Waals surface area contributed by atoms with E-state index in [0.29, 0.717) is 22.4 Å². The molecule has 0 atom stereocenters. The van der Waals surface area contributed by atoms with Gasteiger partial charge in [0.15, 0.2) is 0 Å². The molecule has 1 N–H and O–H groups in total. The van der Waals surface area contributed by atoms with Crippen molar-refractivity contribution < 1.29 is 9.53 Å². The second-order valence-electron chi connectivity index (χ2n) is 5.96. The molecule has 1 saturated heterocycles. The van der Waals surface area contributed by atoms with Crippen molar-refractivity contribution in [1.29, 1.82) is 0 Å². The van der Waals surface area contributed by atoms with Crippen molar-refractivity contribution in [3.05, 3.63) is 41.9 Å². The molecular weight excluding hydrogens is 328 g/mol. The van der Waals surface area contributed by atoms with Crippen LogP contribution in [0.25, 0.3) is 0 Å². The van der Waals surface area contributed by atoms with Crippen LogP contribution in [-0.2, 0) is 6.54 Å². The summed E-state index contributed by atoms with van der Waals surface area (Å²) in [5, 5.41) is 3.46. The van der Waals surface area contributed by atoms with Gasteiger partial charge in [-0.1, -0.05) is 11.6 Å². The van der Waals surface area contributed by atoms with Crippen molar-refractivity contribution in [2.45, 2.75) is 19.4 Å². The number of aromatic nitrogens is 2. The molecule has 2 heterocycles. The maximum Gasteiger partial charge on any atom is 0.321 e. The van der Waals surface area contributed by atoms with Crippen LogP contribution in [0.1, 0.15) is 12.8 Å². The normalized spacial score (nSPS) is 15.3. The molecule has 0 bridgehead atoms. The van der Waals surface area contributed by atoms with E-state index in [2.05, 4.69) is 14.9 Å². The van der Waals surface area contributed by atoms with E-state index in [4.69, 9.17) is 16.3 Å². The fourth-order valence-electron chi connectivity index (χ4n) is 2.98. The molecule has 3 rings (SSSR count). The Hall–Kier alpha value is -2.21. The van der Waals surface area contributed by atoms with E-state index >= 15 is 0 Å². The molecule has 128 valence electrons. The summed E-state index contributed by atoms with van der Waals surface area (Å²) >= 11 is 6.00. The number of nitrogens with zero attached hydrogens (tertiary/aromatic N) is 3. The number of hydrogen-bond acceptors (Lipinski definition) is 3. The number of imidazole rings is 1. The topological polar surface area (TPSA) is 59.4 Å². The van der Waals surface area contributed by atoms with Crippen LogP contribution in [0.15, 0.2) is 36.9 Å². The minimum absolute atomic E-state index is 0.114. The number of ether oxygens (including phenoxy) is 1. The number of urea groups is 1. The molecule has 0 saturated carbocycles. The number of methoxy groups -OCH3 is 1. The lowest BCUT2D eigenvalue weighted by atomic mass is 9.97. The Balaban J connectivity index is 1.54. The van der Waals surface area contributed by atoms with E-state index in [1.54, 1.807) is 31.5 Å². The summed E-state index contributed by atoms with van der Waals surface area (Å²) in [5.74, 6) is 1.17. The molecule has 0 aliphatic carbocycles. The molecule has 1 fully saturated rings. The van der Waals surface area contributed by atoms with E-state index < -0.39 is 0 Å². The molecule has 7 heteroatoms. The van der Waals surface area contributed by atoms with Gasteiger partial charge in [0.2, 0.25) is 0 Å². The Morgan fingerprint density at radius 2 is 2.21 bits per heavy atom. The fourth-order valence-corrected chi connectivity index (χ4v) is 3.16. The summed E-state index contributed by atoms with van der Waals surface area (Å²) < 4.78 is 7.36. The lowest BCUT2D eigenvalue weighted by Crippen LogP contribution is -2.41. The van der Waals surface area contributed by atoms with Crippen LogP contribution in [-0.4, -0.2) is 40.7 Å². The highest BCUT2D eigenvalue weighted by Crippen LogP contribution is 2.28. The predicted molar refractivity (Wildman–Crippen MR) is 93.5 cm³/mol. The molecule has 6 nitrogen and oxygen atoms in total.